The van der Waals surface area contributed by atoms with Gasteiger partial charge in [-0.1, -0.05) is 30.3 Å². The number of hydrogen-bond acceptors (Lipinski definition) is 3. The molecule has 3 aromatic rings. The predicted molar refractivity (Wildman–Crippen MR) is 90.5 cm³/mol. The van der Waals surface area contributed by atoms with E-state index in [1.807, 2.05) is 10.6 Å². The molecular formula is C17H19ClN4. The van der Waals surface area contributed by atoms with Crippen LogP contribution in [0.3, 0.4) is 0 Å². The van der Waals surface area contributed by atoms with Crippen molar-refractivity contribution in [3.63, 3.8) is 0 Å². The third kappa shape index (κ3) is 2.85. The standard InChI is InChI=1S/C17H18N4.ClH/c1-2-4-13(5-3-1)15-6-7-16-19-17(20-21(16)12-15)14-8-10-18-11-9-14;/h1-7,12,14,18H,8-11H2;1H. The summed E-state index contributed by atoms with van der Waals surface area (Å²) in [5.41, 5.74) is 3.31. The Morgan fingerprint density at radius 3 is 2.50 bits per heavy atom. The largest absolute Gasteiger partial charge is 0.317 e. The van der Waals surface area contributed by atoms with E-state index in [-0.39, 0.29) is 12.4 Å². The maximum Gasteiger partial charge on any atom is 0.155 e. The van der Waals surface area contributed by atoms with E-state index < -0.39 is 0 Å². The van der Waals surface area contributed by atoms with Gasteiger partial charge in [0.2, 0.25) is 0 Å². The monoisotopic (exact) mass is 314 g/mol. The van der Waals surface area contributed by atoms with Crippen molar-refractivity contribution in [3.8, 4) is 11.1 Å². The molecular weight excluding hydrogens is 296 g/mol. The molecule has 4 rings (SSSR count). The summed E-state index contributed by atoms with van der Waals surface area (Å²) >= 11 is 0. The highest BCUT2D eigenvalue weighted by Crippen LogP contribution is 2.24. The fourth-order valence-electron chi connectivity index (χ4n) is 2.95. The molecule has 0 saturated carbocycles. The van der Waals surface area contributed by atoms with Gasteiger partial charge in [0.1, 0.15) is 0 Å². The molecule has 4 nitrogen and oxygen atoms in total. The minimum absolute atomic E-state index is 0. The SMILES string of the molecule is Cl.c1ccc(-c2ccc3nc(C4CCNCC4)nn3c2)cc1. The van der Waals surface area contributed by atoms with E-state index in [0.29, 0.717) is 5.92 Å². The third-order valence-corrected chi connectivity index (χ3v) is 4.16. The zero-order valence-electron chi connectivity index (χ0n) is 12.3. The van der Waals surface area contributed by atoms with Gasteiger partial charge in [-0.05, 0) is 43.6 Å². The van der Waals surface area contributed by atoms with Crippen molar-refractivity contribution in [2.75, 3.05) is 13.1 Å². The van der Waals surface area contributed by atoms with Crippen molar-refractivity contribution >= 4 is 18.1 Å². The Balaban J connectivity index is 0.00000144. The van der Waals surface area contributed by atoms with E-state index in [0.717, 1.165) is 37.4 Å². The molecule has 3 heterocycles. The van der Waals surface area contributed by atoms with Gasteiger partial charge in [0.05, 0.1) is 0 Å². The summed E-state index contributed by atoms with van der Waals surface area (Å²) in [7, 11) is 0. The first kappa shape index (κ1) is 15.0. The molecule has 1 aliphatic heterocycles. The second kappa shape index (κ2) is 6.46. The number of hydrogen-bond donors (Lipinski definition) is 1. The highest BCUT2D eigenvalue weighted by Gasteiger charge is 2.19. The van der Waals surface area contributed by atoms with E-state index in [1.165, 1.54) is 11.1 Å². The van der Waals surface area contributed by atoms with Crippen LogP contribution in [0.25, 0.3) is 16.8 Å². The Bertz CT molecular complexity index is 748. The average Bonchev–Trinajstić information content (AvgIpc) is 2.99. The van der Waals surface area contributed by atoms with Gasteiger partial charge in [-0.25, -0.2) is 9.50 Å². The number of fused-ring (bicyclic) bond motifs is 1. The van der Waals surface area contributed by atoms with Gasteiger partial charge in [-0.2, -0.15) is 5.10 Å². The van der Waals surface area contributed by atoms with E-state index in [1.54, 1.807) is 0 Å². The molecule has 22 heavy (non-hydrogen) atoms. The fourth-order valence-corrected chi connectivity index (χ4v) is 2.95. The lowest BCUT2D eigenvalue weighted by molar-refractivity contribution is 0.445. The van der Waals surface area contributed by atoms with Crippen molar-refractivity contribution in [1.29, 1.82) is 0 Å². The van der Waals surface area contributed by atoms with Gasteiger partial charge in [0.25, 0.3) is 0 Å². The quantitative estimate of drug-likeness (QED) is 0.789. The lowest BCUT2D eigenvalue weighted by Crippen LogP contribution is -2.27. The van der Waals surface area contributed by atoms with Gasteiger partial charge < -0.3 is 5.32 Å². The maximum atomic E-state index is 4.70. The summed E-state index contributed by atoms with van der Waals surface area (Å²) in [5, 5.41) is 8.09. The van der Waals surface area contributed by atoms with Gasteiger partial charge >= 0.3 is 0 Å². The van der Waals surface area contributed by atoms with Crippen LogP contribution in [0.5, 0.6) is 0 Å². The molecule has 1 saturated heterocycles. The summed E-state index contributed by atoms with van der Waals surface area (Å²) < 4.78 is 1.92. The Kier molecular flexibility index (Phi) is 4.41. The van der Waals surface area contributed by atoms with E-state index in [4.69, 9.17) is 10.1 Å². The Morgan fingerprint density at radius 1 is 0.955 bits per heavy atom. The molecule has 0 amide bonds. The topological polar surface area (TPSA) is 42.2 Å². The summed E-state index contributed by atoms with van der Waals surface area (Å²) in [5.74, 6) is 1.48. The number of benzene rings is 1. The van der Waals surface area contributed by atoms with E-state index >= 15 is 0 Å². The fraction of sp³-hybridized carbons (Fsp3) is 0.294. The first-order valence-electron chi connectivity index (χ1n) is 7.52. The minimum Gasteiger partial charge on any atom is -0.317 e. The molecule has 1 fully saturated rings. The van der Waals surface area contributed by atoms with Gasteiger partial charge in [0.15, 0.2) is 11.5 Å². The number of pyridine rings is 1. The molecule has 0 atom stereocenters. The summed E-state index contributed by atoms with van der Waals surface area (Å²) in [4.78, 5) is 4.70. The predicted octanol–water partition coefficient (Wildman–Crippen LogP) is 3.29. The summed E-state index contributed by atoms with van der Waals surface area (Å²) in [6.07, 6.45) is 4.33. The molecule has 5 heteroatoms. The number of piperidine rings is 1. The van der Waals surface area contributed by atoms with E-state index in [2.05, 4.69) is 47.9 Å². The van der Waals surface area contributed by atoms with Gasteiger partial charge in [-0.3, -0.25) is 0 Å². The molecule has 0 aliphatic carbocycles. The Labute approximate surface area is 136 Å². The molecule has 1 N–H and O–H groups in total. The van der Waals surface area contributed by atoms with Crippen molar-refractivity contribution < 1.29 is 0 Å². The molecule has 0 radical (unpaired) electrons. The number of nitrogens with one attached hydrogen (secondary N) is 1. The highest BCUT2D eigenvalue weighted by atomic mass is 35.5. The van der Waals surface area contributed by atoms with Crippen LogP contribution in [0.15, 0.2) is 48.7 Å². The molecule has 1 aromatic carbocycles. The maximum absolute atomic E-state index is 4.70. The first-order valence-corrected chi connectivity index (χ1v) is 7.52. The van der Waals surface area contributed by atoms with Gasteiger partial charge in [0, 0.05) is 17.7 Å². The molecule has 0 bridgehead atoms. The van der Waals surface area contributed by atoms with Crippen molar-refractivity contribution in [3.05, 3.63) is 54.5 Å². The number of rotatable bonds is 2. The zero-order chi connectivity index (χ0) is 14.1. The lowest BCUT2D eigenvalue weighted by atomic mass is 9.98. The average molecular weight is 315 g/mol. The number of halogens is 1. The second-order valence-electron chi connectivity index (χ2n) is 5.58. The summed E-state index contributed by atoms with van der Waals surface area (Å²) in [6.45, 7) is 2.13. The summed E-state index contributed by atoms with van der Waals surface area (Å²) in [6, 6.07) is 14.6. The van der Waals surface area contributed by atoms with Crippen LogP contribution in [0, 0.1) is 0 Å². The number of nitrogens with zero attached hydrogens (tertiary/aromatic N) is 3. The van der Waals surface area contributed by atoms with Crippen molar-refractivity contribution in [2.24, 2.45) is 0 Å². The molecule has 0 spiro atoms. The van der Waals surface area contributed by atoms with Crippen LogP contribution in [0.4, 0.5) is 0 Å². The molecule has 0 unspecified atom stereocenters. The van der Waals surface area contributed by atoms with Crippen LogP contribution in [0.1, 0.15) is 24.6 Å². The minimum atomic E-state index is 0. The van der Waals surface area contributed by atoms with Crippen LogP contribution >= 0.6 is 12.4 Å². The molecule has 114 valence electrons. The smallest absolute Gasteiger partial charge is 0.155 e. The Hall–Kier alpha value is -1.91. The van der Waals surface area contributed by atoms with Crippen LogP contribution in [-0.4, -0.2) is 27.7 Å². The number of aromatic nitrogens is 3. The van der Waals surface area contributed by atoms with Gasteiger partial charge in [-0.15, -0.1) is 12.4 Å². The normalized spacial score (nSPS) is 15.6. The van der Waals surface area contributed by atoms with Crippen molar-refractivity contribution in [2.45, 2.75) is 18.8 Å². The second-order valence-corrected chi connectivity index (χ2v) is 5.58. The van der Waals surface area contributed by atoms with Crippen LogP contribution in [0.2, 0.25) is 0 Å². The van der Waals surface area contributed by atoms with Crippen LogP contribution in [-0.2, 0) is 0 Å². The molecule has 1 aliphatic rings. The van der Waals surface area contributed by atoms with E-state index in [9.17, 15) is 0 Å². The Morgan fingerprint density at radius 2 is 1.73 bits per heavy atom. The third-order valence-electron chi connectivity index (χ3n) is 4.16. The zero-order valence-corrected chi connectivity index (χ0v) is 13.1. The first-order chi connectivity index (χ1) is 10.4. The lowest BCUT2D eigenvalue weighted by Gasteiger charge is -2.19. The van der Waals surface area contributed by atoms with Crippen molar-refractivity contribution in [1.82, 2.24) is 19.9 Å². The van der Waals surface area contributed by atoms with Crippen LogP contribution < -0.4 is 5.32 Å². The highest BCUT2D eigenvalue weighted by molar-refractivity contribution is 5.85. The molecule has 2 aromatic heterocycles.